The van der Waals surface area contributed by atoms with Gasteiger partial charge in [-0.1, -0.05) is 155 Å². The maximum Gasteiger partial charge on any atom is 0.268 e. The second-order valence-electron chi connectivity index (χ2n) is 27.8. The van der Waals surface area contributed by atoms with E-state index in [-0.39, 0.29) is 42.7 Å². The van der Waals surface area contributed by atoms with Crippen LogP contribution in [-0.4, -0.2) is 24.1 Å². The molecule has 1 aliphatic carbocycles. The first-order valence-electron chi connectivity index (χ1n) is 29.9. The van der Waals surface area contributed by atoms with Crippen LogP contribution in [-0.2, 0) is 48.1 Å². The number of aromatic nitrogens is 6. The molecule has 0 N–H and O–H groups in total. The standard InChI is InChI=1S/C78H72N6O.Pt/c1-46-47(2)68(49-30-35-79-36-31-49)73(69(48(46)3)50-32-37-80-38-33-50)82-45-83-66-44-54(85-53-26-28-56-55-21-16-17-23-63(55)84(65(56)43-53)67-25-18-19-34-81-67)27-29-59(66)78(60-22-20-24-64(82)72(60)83)70-57(39-51(74(4,5)6)41-61(70)76(10,11)12)58-40-52(75(7,8)9)42-62(71(58)78)77(13,14)15;/h16-42H,1-15H3;/q-2;. The first-order valence-corrected chi connectivity index (χ1v) is 29.9. The number of para-hydroxylation sites is 2. The molecule has 5 aromatic heterocycles. The third-order valence-electron chi connectivity index (χ3n) is 18.4. The molecule has 0 atom stereocenters. The molecule has 1 spiro atoms. The normalized spacial score (nSPS) is 13.5. The number of ether oxygens (including phenoxy) is 1. The first-order chi connectivity index (χ1) is 40.5. The largest absolute Gasteiger partial charge is 0.510 e. The first kappa shape index (κ1) is 56.9. The molecule has 0 amide bonds. The maximum absolute atomic E-state index is 7.17. The molecular weight excluding hydrogens is 1230 g/mol. The minimum atomic E-state index is -0.845. The zero-order chi connectivity index (χ0) is 59.4. The minimum Gasteiger partial charge on any atom is -0.510 e. The van der Waals surface area contributed by atoms with E-state index in [0.717, 1.165) is 77.8 Å². The third kappa shape index (κ3) is 8.53. The van der Waals surface area contributed by atoms with Gasteiger partial charge < -0.3 is 13.9 Å². The summed E-state index contributed by atoms with van der Waals surface area (Å²) in [4.78, 5) is 13.9. The van der Waals surface area contributed by atoms with Crippen molar-refractivity contribution >= 4 is 32.8 Å². The summed E-state index contributed by atoms with van der Waals surface area (Å²) in [6.45, 7) is 35.3. The van der Waals surface area contributed by atoms with E-state index < -0.39 is 5.41 Å². The molecule has 0 saturated heterocycles. The Kier molecular flexibility index (Phi) is 13.2. The number of imidazole rings is 1. The fourth-order valence-corrected chi connectivity index (χ4v) is 14.0. The Morgan fingerprint density at radius 1 is 0.512 bits per heavy atom. The zero-order valence-electron chi connectivity index (χ0n) is 52.0. The molecule has 8 heteroatoms. The van der Waals surface area contributed by atoms with Gasteiger partial charge in [-0.15, -0.1) is 35.2 Å². The summed E-state index contributed by atoms with van der Waals surface area (Å²) in [6.07, 6.45) is 13.6. The molecule has 0 fully saturated rings. The molecule has 7 aromatic carbocycles. The molecule has 0 unspecified atom stereocenters. The Hall–Kier alpha value is -8.25. The molecule has 12 aromatic rings. The molecule has 2 aliphatic rings. The van der Waals surface area contributed by atoms with Gasteiger partial charge >= 0.3 is 0 Å². The van der Waals surface area contributed by atoms with Gasteiger partial charge in [0.2, 0.25) is 0 Å². The van der Waals surface area contributed by atoms with Crippen LogP contribution in [0.15, 0.2) is 164 Å². The number of hydrogen-bond acceptors (Lipinski definition) is 4. The summed E-state index contributed by atoms with van der Waals surface area (Å²) >= 11 is 0. The minimum absolute atomic E-state index is 0. The summed E-state index contributed by atoms with van der Waals surface area (Å²) in [7, 11) is 0. The Labute approximate surface area is 521 Å². The number of fused-ring (bicyclic) bond motifs is 12. The molecular formula is C78H72N6OPt-2. The molecule has 6 heterocycles. The van der Waals surface area contributed by atoms with Gasteiger partial charge in [0, 0.05) is 74.5 Å². The predicted molar refractivity (Wildman–Crippen MR) is 346 cm³/mol. The van der Waals surface area contributed by atoms with Gasteiger partial charge in [-0.2, -0.15) is 12.1 Å². The van der Waals surface area contributed by atoms with E-state index >= 15 is 0 Å². The Bertz CT molecular complexity index is 4590. The number of pyridine rings is 3. The van der Waals surface area contributed by atoms with Gasteiger partial charge in [-0.05, 0) is 185 Å². The number of nitrogens with zero attached hydrogens (tertiary/aromatic N) is 6. The van der Waals surface area contributed by atoms with Gasteiger partial charge in [0.1, 0.15) is 5.82 Å². The summed E-state index contributed by atoms with van der Waals surface area (Å²) in [6, 6.07) is 56.7. The predicted octanol–water partition coefficient (Wildman–Crippen LogP) is 18.5. The Morgan fingerprint density at radius 3 is 1.63 bits per heavy atom. The number of hydrogen-bond donors (Lipinski definition) is 0. The van der Waals surface area contributed by atoms with Crippen molar-refractivity contribution < 1.29 is 30.4 Å². The van der Waals surface area contributed by atoms with E-state index in [0.29, 0.717) is 11.5 Å². The summed E-state index contributed by atoms with van der Waals surface area (Å²) in [5, 5.41) is 2.20. The van der Waals surface area contributed by atoms with Crippen LogP contribution in [0.25, 0.3) is 83.4 Å². The van der Waals surface area contributed by atoms with E-state index in [4.69, 9.17) is 9.72 Å². The van der Waals surface area contributed by atoms with Crippen LogP contribution < -0.4 is 9.30 Å². The van der Waals surface area contributed by atoms with Crippen molar-refractivity contribution in [3.8, 4) is 62.1 Å². The Morgan fingerprint density at radius 2 is 1.07 bits per heavy atom. The molecule has 1 aliphatic heterocycles. The van der Waals surface area contributed by atoms with E-state index in [1.165, 1.54) is 66.8 Å². The molecule has 86 heavy (non-hydrogen) atoms. The smallest absolute Gasteiger partial charge is 0.268 e. The molecule has 7 nitrogen and oxygen atoms in total. The van der Waals surface area contributed by atoms with Crippen LogP contribution >= 0.6 is 0 Å². The van der Waals surface area contributed by atoms with Gasteiger partial charge in [0.15, 0.2) is 0 Å². The second kappa shape index (κ2) is 19.9. The fourth-order valence-electron chi connectivity index (χ4n) is 14.0. The summed E-state index contributed by atoms with van der Waals surface area (Å²) < 4.78 is 14.0. The van der Waals surface area contributed by atoms with Gasteiger partial charge in [-0.25, -0.2) is 4.98 Å². The van der Waals surface area contributed by atoms with Crippen LogP contribution in [0.3, 0.4) is 0 Å². The Balaban J connectivity index is 0.00000686. The monoisotopic (exact) mass is 1300 g/mol. The molecule has 432 valence electrons. The average Bonchev–Trinajstić information content (AvgIpc) is 1.45. The van der Waals surface area contributed by atoms with Crippen molar-refractivity contribution in [3.05, 3.63) is 244 Å². The van der Waals surface area contributed by atoms with Crippen molar-refractivity contribution in [1.29, 1.82) is 0 Å². The SMILES string of the molecule is Cc1c(C)c(-c2ccncc2)c(-[n+]2[c-]n3c4c(cccc42)C2(c4ccc(Oc5[c-]c6c(cc5)c5ccccc5n6-c5ccccn5)[c-]c4-3)c3c(cc(C(C)(C)C)cc3C(C)(C)C)-c3cc(C(C)(C)C)cc(C(C)(C)C)c32)c(-c2ccncc2)c1C.[Pt]. The van der Waals surface area contributed by atoms with Crippen LogP contribution in [0.2, 0.25) is 0 Å². The van der Waals surface area contributed by atoms with Crippen molar-refractivity contribution in [1.82, 2.24) is 24.1 Å². The quantitative estimate of drug-likeness (QED) is 0.123. The fraction of sp³-hybridized carbons (Fsp3) is 0.256. The molecule has 0 saturated carbocycles. The van der Waals surface area contributed by atoms with Crippen molar-refractivity contribution in [2.45, 2.75) is 131 Å². The second-order valence-corrected chi connectivity index (χ2v) is 27.8. The van der Waals surface area contributed by atoms with Gasteiger partial charge in [-0.3, -0.25) is 14.5 Å². The van der Waals surface area contributed by atoms with Gasteiger partial charge in [0.25, 0.3) is 6.33 Å². The van der Waals surface area contributed by atoms with Gasteiger partial charge in [0.05, 0.1) is 16.7 Å². The molecule has 14 rings (SSSR count). The van der Waals surface area contributed by atoms with Crippen LogP contribution in [0.5, 0.6) is 11.5 Å². The van der Waals surface area contributed by atoms with Crippen LogP contribution in [0.4, 0.5) is 0 Å². The third-order valence-corrected chi connectivity index (χ3v) is 18.4. The number of rotatable bonds is 6. The molecule has 0 radical (unpaired) electrons. The topological polar surface area (TPSA) is 61.6 Å². The van der Waals surface area contributed by atoms with Crippen molar-refractivity contribution in [2.75, 3.05) is 0 Å². The van der Waals surface area contributed by atoms with E-state index in [1.54, 1.807) is 0 Å². The summed E-state index contributed by atoms with van der Waals surface area (Å²) in [5.41, 5.74) is 25.2. The van der Waals surface area contributed by atoms with Crippen molar-refractivity contribution in [2.24, 2.45) is 0 Å². The maximum atomic E-state index is 7.17. The van der Waals surface area contributed by atoms with E-state index in [2.05, 4.69) is 255 Å². The van der Waals surface area contributed by atoms with E-state index in [9.17, 15) is 0 Å². The zero-order valence-corrected chi connectivity index (χ0v) is 54.3. The van der Waals surface area contributed by atoms with Crippen LogP contribution in [0, 0.1) is 39.2 Å². The van der Waals surface area contributed by atoms with Crippen LogP contribution in [0.1, 0.15) is 144 Å². The number of benzene rings is 7. The summed E-state index contributed by atoms with van der Waals surface area (Å²) in [5.74, 6) is 1.96. The molecule has 0 bridgehead atoms. The van der Waals surface area contributed by atoms with E-state index in [1.807, 2.05) is 55.2 Å². The van der Waals surface area contributed by atoms with Crippen molar-refractivity contribution in [3.63, 3.8) is 0 Å². The average molecular weight is 1300 g/mol.